The number of phenols is 1. The minimum absolute atomic E-state index is 0.125. The molecule has 0 fully saturated rings. The van der Waals surface area contributed by atoms with Gasteiger partial charge in [0.15, 0.2) is 0 Å². The zero-order valence-electron chi connectivity index (χ0n) is 12.2. The van der Waals surface area contributed by atoms with E-state index in [0.717, 1.165) is 22.4 Å². The first-order chi connectivity index (χ1) is 9.99. The van der Waals surface area contributed by atoms with Crippen molar-refractivity contribution in [2.45, 2.75) is 20.8 Å². The Morgan fingerprint density at radius 1 is 1.05 bits per heavy atom. The minimum atomic E-state index is 0.125. The van der Waals surface area contributed by atoms with Gasteiger partial charge in [0.1, 0.15) is 5.75 Å². The van der Waals surface area contributed by atoms with Crippen LogP contribution in [0.1, 0.15) is 22.3 Å². The molecule has 0 saturated carbocycles. The van der Waals surface area contributed by atoms with Crippen molar-refractivity contribution < 1.29 is 20.1 Å². The van der Waals surface area contributed by atoms with Gasteiger partial charge < -0.3 is 5.11 Å². The molecule has 2 aromatic rings. The number of aromatic hydroxyl groups is 1. The molecule has 2 aromatic carbocycles. The van der Waals surface area contributed by atoms with Crippen molar-refractivity contribution in [2.24, 2.45) is 4.99 Å². The van der Waals surface area contributed by atoms with E-state index in [2.05, 4.69) is 64.2 Å². The monoisotopic (exact) mass is 445 g/mol. The van der Waals surface area contributed by atoms with E-state index in [1.807, 2.05) is 12.1 Å². The summed E-state index contributed by atoms with van der Waals surface area (Å²) >= 11 is 6.50. The number of hydrogen-bond acceptors (Lipinski definition) is 2. The molecule has 0 aliphatic rings. The third-order valence-electron chi connectivity index (χ3n) is 2.90. The van der Waals surface area contributed by atoms with Crippen LogP contribution in [0.15, 0.2) is 41.4 Å². The molecule has 2 nitrogen and oxygen atoms in total. The first-order valence-corrected chi connectivity index (χ1v) is 14.1. The van der Waals surface area contributed by atoms with Crippen LogP contribution in [0.4, 0.5) is 5.69 Å². The van der Waals surface area contributed by atoms with Gasteiger partial charge in [-0.05, 0) is 44.0 Å². The van der Waals surface area contributed by atoms with Gasteiger partial charge in [-0.2, -0.15) is 0 Å². The number of aryl methyl sites for hydroxylation is 3. The summed E-state index contributed by atoms with van der Waals surface area (Å²) in [5.74, 6) is 0.253. The predicted octanol–water partition coefficient (Wildman–Crippen LogP) is 5.76. The molecule has 0 unspecified atom stereocenters. The number of hydrogen-bond donors (Lipinski definition) is 1. The Balaban J connectivity index is 0.000000677. The molecule has 0 bridgehead atoms. The van der Waals surface area contributed by atoms with Crippen molar-refractivity contribution in [3.05, 3.63) is 58.7 Å². The Morgan fingerprint density at radius 3 is 2.10 bits per heavy atom. The molecule has 0 amide bonds. The van der Waals surface area contributed by atoms with Gasteiger partial charge in [-0.1, -0.05) is 29.8 Å². The van der Waals surface area contributed by atoms with Crippen LogP contribution in [0, 0.1) is 20.8 Å². The van der Waals surface area contributed by atoms with Crippen molar-refractivity contribution in [3.63, 3.8) is 0 Å². The number of para-hydroxylation sites is 1. The summed E-state index contributed by atoms with van der Waals surface area (Å²) in [6.07, 6.45) is 1.71. The normalized spacial score (nSPS) is 10.1. The fourth-order valence-electron chi connectivity index (χ4n) is 2.11. The first kappa shape index (κ1) is 18.6. The molecule has 21 heavy (non-hydrogen) atoms. The Kier molecular flexibility index (Phi) is 8.49. The number of benzene rings is 2. The van der Waals surface area contributed by atoms with E-state index >= 15 is 0 Å². The molecule has 1 N–H and O–H groups in total. The van der Waals surface area contributed by atoms with Gasteiger partial charge >= 0.3 is 41.3 Å². The molecule has 0 heterocycles. The predicted molar refractivity (Wildman–Crippen MR) is 93.9 cm³/mol. The van der Waals surface area contributed by atoms with Crippen LogP contribution in [0.2, 0.25) is 0 Å². The van der Waals surface area contributed by atoms with Gasteiger partial charge in [-0.15, -0.1) is 0 Å². The van der Waals surface area contributed by atoms with Crippen molar-refractivity contribution in [2.75, 3.05) is 0 Å². The summed E-state index contributed by atoms with van der Waals surface area (Å²) in [5, 5.41) is 9.68. The molecule has 5 heteroatoms. The van der Waals surface area contributed by atoms with Crippen molar-refractivity contribution >= 4 is 38.2 Å². The van der Waals surface area contributed by atoms with Crippen LogP contribution in [0.25, 0.3) is 0 Å². The molecular weight excluding hydrogens is 430 g/mol. The Hall–Kier alpha value is -0.416. The van der Waals surface area contributed by atoms with Gasteiger partial charge in [0, 0.05) is 11.8 Å². The Bertz CT molecular complexity index is 606. The summed E-state index contributed by atoms with van der Waals surface area (Å²) in [4.78, 5) is 4.49. The molecule has 0 aliphatic carbocycles. The first-order valence-electron chi connectivity index (χ1n) is 6.35. The third-order valence-corrected chi connectivity index (χ3v) is 2.90. The number of aliphatic imine (C=N–C) groups is 1. The van der Waals surface area contributed by atoms with Crippen LogP contribution < -0.4 is 0 Å². The standard InChI is InChI=1S/C16H17NO.2BrH.Ti/c1-11-8-12(2)16(13(3)9-11)17-10-14-6-4-5-7-15(14)18;;;/h4-10,18H,1-3H3;2*1H;/q;;;+2/p-2. The second kappa shape index (κ2) is 9.57. The maximum atomic E-state index is 9.68. The van der Waals surface area contributed by atoms with Gasteiger partial charge in [0.2, 0.25) is 0 Å². The SMILES string of the molecule is Cc1cc(C)c(N=Cc2ccccc2O)c(C)c1.[Br][Ti][Br]. The summed E-state index contributed by atoms with van der Waals surface area (Å²) < 4.78 is 0. The van der Waals surface area contributed by atoms with E-state index in [-0.39, 0.29) is 20.7 Å². The number of halogens is 2. The van der Waals surface area contributed by atoms with Crippen LogP contribution >= 0.6 is 26.3 Å². The molecule has 0 atom stereocenters. The molecule has 0 saturated heterocycles. The topological polar surface area (TPSA) is 32.6 Å². The van der Waals surface area contributed by atoms with Crippen LogP contribution in [-0.4, -0.2) is 11.3 Å². The number of rotatable bonds is 2. The van der Waals surface area contributed by atoms with Gasteiger partial charge in [0.05, 0.1) is 5.69 Å². The molecule has 2 rings (SSSR count). The fraction of sp³-hybridized carbons (Fsp3) is 0.188. The average molecular weight is 447 g/mol. The van der Waals surface area contributed by atoms with Gasteiger partial charge in [-0.3, -0.25) is 4.99 Å². The van der Waals surface area contributed by atoms with Crippen LogP contribution in [0.5, 0.6) is 5.75 Å². The van der Waals surface area contributed by atoms with Crippen molar-refractivity contribution in [3.8, 4) is 5.75 Å². The Labute approximate surface area is 147 Å². The summed E-state index contributed by atoms with van der Waals surface area (Å²) in [6, 6.07) is 11.4. The van der Waals surface area contributed by atoms with E-state index in [1.54, 1.807) is 18.3 Å². The maximum absolute atomic E-state index is 9.68. The quantitative estimate of drug-likeness (QED) is 0.462. The summed E-state index contributed by atoms with van der Waals surface area (Å²) in [5.41, 5.74) is 5.26. The Morgan fingerprint density at radius 2 is 1.57 bits per heavy atom. The van der Waals surface area contributed by atoms with Gasteiger partial charge in [-0.25, -0.2) is 0 Å². The fourth-order valence-corrected chi connectivity index (χ4v) is 2.11. The molecule has 0 spiro atoms. The van der Waals surface area contributed by atoms with E-state index in [4.69, 9.17) is 0 Å². The summed E-state index contributed by atoms with van der Waals surface area (Å²) in [7, 11) is 0. The van der Waals surface area contributed by atoms with Crippen molar-refractivity contribution in [1.82, 2.24) is 0 Å². The third kappa shape index (κ3) is 6.07. The zero-order chi connectivity index (χ0) is 15.8. The summed E-state index contributed by atoms with van der Waals surface area (Å²) in [6.45, 7) is 6.19. The number of phenolic OH excluding ortho intramolecular Hbond substituents is 1. The molecule has 110 valence electrons. The zero-order valence-corrected chi connectivity index (χ0v) is 16.9. The van der Waals surface area contributed by atoms with E-state index < -0.39 is 0 Å². The second-order valence-corrected chi connectivity index (χ2v) is 12.5. The number of nitrogens with zero attached hydrogens (tertiary/aromatic N) is 1. The van der Waals surface area contributed by atoms with Crippen molar-refractivity contribution in [1.29, 1.82) is 0 Å². The van der Waals surface area contributed by atoms with Crippen LogP contribution in [0.3, 0.4) is 0 Å². The van der Waals surface area contributed by atoms with E-state index in [1.165, 1.54) is 5.56 Å². The molecular formula is C16H17Br2NOTi. The molecule has 0 aliphatic heterocycles. The van der Waals surface area contributed by atoms with Gasteiger partial charge in [0.25, 0.3) is 0 Å². The second-order valence-electron chi connectivity index (χ2n) is 4.64. The van der Waals surface area contributed by atoms with Crippen LogP contribution in [-0.2, 0) is 15.0 Å². The van der Waals surface area contributed by atoms with E-state index in [0.29, 0.717) is 0 Å². The average Bonchev–Trinajstić information content (AvgIpc) is 2.40. The molecule has 0 aromatic heterocycles. The van der Waals surface area contributed by atoms with E-state index in [9.17, 15) is 5.11 Å². The molecule has 0 radical (unpaired) electrons.